The maximum atomic E-state index is 12.2. The van der Waals surface area contributed by atoms with Crippen molar-refractivity contribution < 1.29 is 19.0 Å². The van der Waals surface area contributed by atoms with Crippen molar-refractivity contribution in [1.29, 1.82) is 0 Å². The van der Waals surface area contributed by atoms with Crippen molar-refractivity contribution in [3.63, 3.8) is 0 Å². The molecule has 0 saturated carbocycles. The summed E-state index contributed by atoms with van der Waals surface area (Å²) in [5.41, 5.74) is 1.11. The van der Waals surface area contributed by atoms with E-state index >= 15 is 0 Å². The number of esters is 1. The van der Waals surface area contributed by atoms with Gasteiger partial charge in [-0.2, -0.15) is 0 Å². The lowest BCUT2D eigenvalue weighted by atomic mass is 10.1. The number of methoxy groups -OCH3 is 2. The van der Waals surface area contributed by atoms with Crippen molar-refractivity contribution in [3.05, 3.63) is 90.7 Å². The molecule has 142 valence electrons. The summed E-state index contributed by atoms with van der Waals surface area (Å²) >= 11 is 1.54. The molecule has 5 heteroatoms. The molecule has 3 rings (SSSR count). The average Bonchev–Trinajstić information content (AvgIpc) is 2.73. The highest BCUT2D eigenvalue weighted by Crippen LogP contribution is 2.36. The molecule has 0 N–H and O–H groups in total. The van der Waals surface area contributed by atoms with Gasteiger partial charge >= 0.3 is 5.97 Å². The Morgan fingerprint density at radius 1 is 0.857 bits per heavy atom. The first-order valence-electron chi connectivity index (χ1n) is 8.63. The van der Waals surface area contributed by atoms with Gasteiger partial charge in [0.1, 0.15) is 17.1 Å². The van der Waals surface area contributed by atoms with Gasteiger partial charge < -0.3 is 14.2 Å². The number of carbonyl (C=O) groups excluding carboxylic acids is 1. The van der Waals surface area contributed by atoms with Crippen LogP contribution >= 0.6 is 11.8 Å². The molecule has 0 aromatic heterocycles. The fraction of sp³-hybridized carbons (Fsp3) is 0.0870. The molecule has 0 atom stereocenters. The molecule has 3 aromatic carbocycles. The predicted octanol–water partition coefficient (Wildman–Crippen LogP) is 5.79. The van der Waals surface area contributed by atoms with Crippen LogP contribution in [0.3, 0.4) is 0 Å². The van der Waals surface area contributed by atoms with Gasteiger partial charge in [-0.05, 0) is 36.4 Å². The number of hydrogen-bond donors (Lipinski definition) is 0. The summed E-state index contributed by atoms with van der Waals surface area (Å²) in [6.45, 7) is 0. The zero-order chi connectivity index (χ0) is 19.8. The summed E-state index contributed by atoms with van der Waals surface area (Å²) < 4.78 is 15.9. The molecule has 4 nitrogen and oxygen atoms in total. The lowest BCUT2D eigenvalue weighted by Crippen LogP contribution is -2.05. The molecular formula is C23H20O4S. The minimum Gasteiger partial charge on any atom is -0.503 e. The molecule has 0 saturated heterocycles. The maximum Gasteiger partial charge on any atom is 0.341 e. The molecule has 0 radical (unpaired) electrons. The second kappa shape index (κ2) is 9.67. The molecule has 28 heavy (non-hydrogen) atoms. The molecule has 0 spiro atoms. The van der Waals surface area contributed by atoms with Gasteiger partial charge in [0.25, 0.3) is 0 Å². The summed E-state index contributed by atoms with van der Waals surface area (Å²) in [5.74, 6) is 1.08. The quantitative estimate of drug-likeness (QED) is 0.289. The molecule has 0 aliphatic rings. The first-order chi connectivity index (χ1) is 13.7. The normalized spacial score (nSPS) is 11.0. The molecule has 0 amide bonds. The lowest BCUT2D eigenvalue weighted by Gasteiger charge is -2.12. The van der Waals surface area contributed by atoms with E-state index < -0.39 is 5.97 Å². The highest BCUT2D eigenvalue weighted by molar-refractivity contribution is 7.99. The van der Waals surface area contributed by atoms with E-state index in [4.69, 9.17) is 14.2 Å². The fourth-order valence-electron chi connectivity index (χ4n) is 2.58. The summed E-state index contributed by atoms with van der Waals surface area (Å²) in [7, 11) is 2.86. The van der Waals surface area contributed by atoms with Crippen LogP contribution in [0.25, 0.3) is 5.57 Å². The highest BCUT2D eigenvalue weighted by atomic mass is 32.2. The van der Waals surface area contributed by atoms with Crippen LogP contribution in [-0.4, -0.2) is 20.2 Å². The fourth-order valence-corrected chi connectivity index (χ4v) is 3.59. The Morgan fingerprint density at radius 2 is 1.57 bits per heavy atom. The maximum absolute atomic E-state index is 12.2. The van der Waals surface area contributed by atoms with Gasteiger partial charge in [-0.3, -0.25) is 0 Å². The zero-order valence-corrected chi connectivity index (χ0v) is 16.4. The van der Waals surface area contributed by atoms with E-state index in [0.29, 0.717) is 5.57 Å². The highest BCUT2D eigenvalue weighted by Gasteiger charge is 2.17. The van der Waals surface area contributed by atoms with E-state index in [1.807, 2.05) is 78.9 Å². The standard InChI is InChI=1S/C23H20O4S/c1-25-16-21(23(24)26-2)20-13-6-7-14-22(20)28-19-12-8-11-18(15-19)27-17-9-4-3-5-10-17/h3-16H,1-2H3. The number of para-hydroxylation sites is 1. The number of benzene rings is 3. The Kier molecular flexibility index (Phi) is 6.76. The topological polar surface area (TPSA) is 44.8 Å². The Morgan fingerprint density at radius 3 is 2.32 bits per heavy atom. The molecule has 0 aliphatic heterocycles. The summed E-state index contributed by atoms with van der Waals surface area (Å²) in [4.78, 5) is 14.1. The van der Waals surface area contributed by atoms with Crippen LogP contribution in [-0.2, 0) is 14.3 Å². The van der Waals surface area contributed by atoms with Crippen LogP contribution in [0.15, 0.2) is 94.9 Å². The van der Waals surface area contributed by atoms with Gasteiger partial charge in [0.15, 0.2) is 0 Å². The zero-order valence-electron chi connectivity index (χ0n) is 15.6. The van der Waals surface area contributed by atoms with Gasteiger partial charge in [0, 0.05) is 15.4 Å². The second-order valence-electron chi connectivity index (χ2n) is 5.75. The summed E-state index contributed by atoms with van der Waals surface area (Å²) in [6.07, 6.45) is 1.40. The van der Waals surface area contributed by atoms with Gasteiger partial charge in [0.05, 0.1) is 20.5 Å². The number of carbonyl (C=O) groups is 1. The second-order valence-corrected chi connectivity index (χ2v) is 6.86. The molecular weight excluding hydrogens is 372 g/mol. The van der Waals surface area contributed by atoms with Crippen molar-refractivity contribution in [2.75, 3.05) is 14.2 Å². The van der Waals surface area contributed by atoms with E-state index in [1.165, 1.54) is 32.2 Å². The van der Waals surface area contributed by atoms with Crippen LogP contribution in [0.2, 0.25) is 0 Å². The van der Waals surface area contributed by atoms with Crippen LogP contribution in [0.1, 0.15) is 5.56 Å². The number of hydrogen-bond acceptors (Lipinski definition) is 5. The summed E-state index contributed by atoms with van der Waals surface area (Å²) in [5, 5.41) is 0. The largest absolute Gasteiger partial charge is 0.503 e. The van der Waals surface area contributed by atoms with Crippen LogP contribution < -0.4 is 4.74 Å². The first kappa shape index (κ1) is 19.6. The van der Waals surface area contributed by atoms with Gasteiger partial charge in [-0.15, -0.1) is 0 Å². The molecule has 0 unspecified atom stereocenters. The van der Waals surface area contributed by atoms with Crippen molar-refractivity contribution in [3.8, 4) is 11.5 Å². The van der Waals surface area contributed by atoms with Crippen LogP contribution in [0, 0.1) is 0 Å². The van der Waals surface area contributed by atoms with Crippen molar-refractivity contribution in [1.82, 2.24) is 0 Å². The minimum absolute atomic E-state index is 0.366. The molecule has 3 aromatic rings. The minimum atomic E-state index is -0.448. The lowest BCUT2D eigenvalue weighted by molar-refractivity contribution is -0.133. The Balaban J connectivity index is 1.87. The summed E-state index contributed by atoms with van der Waals surface area (Å²) in [6, 6.07) is 25.1. The molecule has 0 aliphatic carbocycles. The molecule has 0 fully saturated rings. The Hall–Kier alpha value is -3.18. The van der Waals surface area contributed by atoms with E-state index in [-0.39, 0.29) is 0 Å². The monoisotopic (exact) mass is 392 g/mol. The Bertz CT molecular complexity index is 967. The van der Waals surface area contributed by atoms with Gasteiger partial charge in [-0.1, -0.05) is 54.2 Å². The SMILES string of the molecule is COC=C(C(=O)OC)c1ccccc1Sc1cccc(Oc2ccccc2)c1. The molecule has 0 heterocycles. The first-order valence-corrected chi connectivity index (χ1v) is 9.44. The molecule has 0 bridgehead atoms. The smallest absolute Gasteiger partial charge is 0.341 e. The number of ether oxygens (including phenoxy) is 3. The number of rotatable bonds is 7. The van der Waals surface area contributed by atoms with Crippen LogP contribution in [0.5, 0.6) is 11.5 Å². The van der Waals surface area contributed by atoms with Gasteiger partial charge in [0.2, 0.25) is 0 Å². The van der Waals surface area contributed by atoms with Crippen molar-refractivity contribution in [2.45, 2.75) is 9.79 Å². The van der Waals surface area contributed by atoms with Gasteiger partial charge in [-0.25, -0.2) is 4.79 Å². The van der Waals surface area contributed by atoms with Crippen molar-refractivity contribution in [2.24, 2.45) is 0 Å². The Labute approximate surface area is 168 Å². The van der Waals surface area contributed by atoms with E-state index in [2.05, 4.69) is 0 Å². The average molecular weight is 392 g/mol. The van der Waals surface area contributed by atoms with E-state index in [1.54, 1.807) is 0 Å². The predicted molar refractivity (Wildman–Crippen MR) is 111 cm³/mol. The van der Waals surface area contributed by atoms with E-state index in [9.17, 15) is 4.79 Å². The van der Waals surface area contributed by atoms with E-state index in [0.717, 1.165) is 26.9 Å². The van der Waals surface area contributed by atoms with Crippen molar-refractivity contribution >= 4 is 23.3 Å². The third kappa shape index (κ3) is 4.96. The van der Waals surface area contributed by atoms with Crippen LogP contribution in [0.4, 0.5) is 0 Å². The third-order valence-electron chi connectivity index (χ3n) is 3.83. The third-order valence-corrected chi connectivity index (χ3v) is 4.90.